The molecule has 0 rings (SSSR count). The molecule has 84 valence electrons. The maximum Gasteiger partial charge on any atom is 0.345 e. The van der Waals surface area contributed by atoms with E-state index in [2.05, 4.69) is 11.3 Å². The average molecular weight is 214 g/mol. The molecular weight excluding hydrogens is 200 g/mol. The highest BCUT2D eigenvalue weighted by atomic mass is 16.6. The predicted octanol–water partition coefficient (Wildman–Crippen LogP) is -0.0682. The molecule has 0 aliphatic heterocycles. The molecular formula is C10H14O5. The summed E-state index contributed by atoms with van der Waals surface area (Å²) in [5.41, 5.74) is 0.244. The van der Waals surface area contributed by atoms with Gasteiger partial charge in [0.05, 0.1) is 6.61 Å². The van der Waals surface area contributed by atoms with Gasteiger partial charge in [-0.15, -0.1) is 6.58 Å². The van der Waals surface area contributed by atoms with Gasteiger partial charge in [-0.3, -0.25) is 0 Å². The van der Waals surface area contributed by atoms with Crippen LogP contribution >= 0.6 is 0 Å². The SMILES string of the molecule is C=CC/C=C(\C)C(=O)OC(=O)C(O)CO. The quantitative estimate of drug-likeness (QED) is 0.290. The van der Waals surface area contributed by atoms with Crippen molar-refractivity contribution in [3.8, 4) is 0 Å². The van der Waals surface area contributed by atoms with Crippen molar-refractivity contribution in [3.63, 3.8) is 0 Å². The highest BCUT2D eigenvalue weighted by Gasteiger charge is 2.19. The molecule has 5 nitrogen and oxygen atoms in total. The summed E-state index contributed by atoms with van der Waals surface area (Å²) in [6.07, 6.45) is 1.92. The zero-order valence-corrected chi connectivity index (χ0v) is 8.47. The Morgan fingerprint density at radius 1 is 1.53 bits per heavy atom. The summed E-state index contributed by atoms with van der Waals surface area (Å²) in [5, 5.41) is 17.2. The van der Waals surface area contributed by atoms with Crippen LogP contribution in [0.1, 0.15) is 13.3 Å². The van der Waals surface area contributed by atoms with Crippen molar-refractivity contribution in [1.82, 2.24) is 0 Å². The molecule has 2 N–H and O–H groups in total. The molecule has 0 heterocycles. The van der Waals surface area contributed by atoms with Crippen LogP contribution in [0.3, 0.4) is 0 Å². The fraction of sp³-hybridized carbons (Fsp3) is 0.400. The Labute approximate surface area is 87.7 Å². The van der Waals surface area contributed by atoms with Crippen molar-refractivity contribution in [3.05, 3.63) is 24.3 Å². The summed E-state index contributed by atoms with van der Waals surface area (Å²) in [4.78, 5) is 22.0. The molecule has 0 aromatic heterocycles. The molecule has 0 bridgehead atoms. The van der Waals surface area contributed by atoms with E-state index >= 15 is 0 Å². The van der Waals surface area contributed by atoms with Crippen LogP contribution < -0.4 is 0 Å². The highest BCUT2D eigenvalue weighted by Crippen LogP contribution is 2.00. The third-order valence-corrected chi connectivity index (χ3v) is 1.55. The van der Waals surface area contributed by atoms with E-state index in [-0.39, 0.29) is 5.57 Å². The normalized spacial score (nSPS) is 13.1. The van der Waals surface area contributed by atoms with E-state index in [4.69, 9.17) is 10.2 Å². The van der Waals surface area contributed by atoms with E-state index in [9.17, 15) is 9.59 Å². The maximum atomic E-state index is 11.1. The minimum Gasteiger partial charge on any atom is -0.393 e. The molecule has 1 unspecified atom stereocenters. The fourth-order valence-corrected chi connectivity index (χ4v) is 0.658. The lowest BCUT2D eigenvalue weighted by Gasteiger charge is -2.06. The van der Waals surface area contributed by atoms with Crippen LogP contribution in [-0.4, -0.2) is 34.9 Å². The molecule has 1 atom stereocenters. The molecule has 15 heavy (non-hydrogen) atoms. The highest BCUT2D eigenvalue weighted by molar-refractivity contribution is 5.96. The van der Waals surface area contributed by atoms with Crippen LogP contribution in [-0.2, 0) is 14.3 Å². The zero-order valence-electron chi connectivity index (χ0n) is 8.47. The number of carbonyl (C=O) groups excluding carboxylic acids is 2. The lowest BCUT2D eigenvalue weighted by atomic mass is 10.2. The van der Waals surface area contributed by atoms with E-state index in [1.165, 1.54) is 13.0 Å². The van der Waals surface area contributed by atoms with Gasteiger partial charge in [0, 0.05) is 5.57 Å². The zero-order chi connectivity index (χ0) is 11.8. The maximum absolute atomic E-state index is 11.1. The van der Waals surface area contributed by atoms with Gasteiger partial charge < -0.3 is 14.9 Å². The van der Waals surface area contributed by atoms with Crippen molar-refractivity contribution in [2.75, 3.05) is 6.61 Å². The Balaban J connectivity index is 4.24. The average Bonchev–Trinajstić information content (AvgIpc) is 2.24. The lowest BCUT2D eigenvalue weighted by Crippen LogP contribution is -2.29. The second-order valence-electron chi connectivity index (χ2n) is 2.82. The number of allylic oxidation sites excluding steroid dienone is 2. The van der Waals surface area contributed by atoms with Gasteiger partial charge in [0.25, 0.3) is 0 Å². The Bertz CT molecular complexity index is 280. The summed E-state index contributed by atoms with van der Waals surface area (Å²) in [5.74, 6) is -2.00. The topological polar surface area (TPSA) is 83.8 Å². The number of aliphatic hydroxyl groups excluding tert-OH is 2. The minimum absolute atomic E-state index is 0.244. The molecule has 0 radical (unpaired) electrons. The molecule has 5 heteroatoms. The molecule has 0 aliphatic rings. The van der Waals surface area contributed by atoms with Gasteiger partial charge in [0.1, 0.15) is 0 Å². The summed E-state index contributed by atoms with van der Waals surface area (Å²) < 4.78 is 4.27. The van der Waals surface area contributed by atoms with E-state index < -0.39 is 24.6 Å². The van der Waals surface area contributed by atoms with E-state index in [1.54, 1.807) is 6.08 Å². The van der Waals surface area contributed by atoms with Crippen molar-refractivity contribution in [2.24, 2.45) is 0 Å². The third-order valence-electron chi connectivity index (χ3n) is 1.55. The van der Waals surface area contributed by atoms with Gasteiger partial charge in [-0.05, 0) is 13.3 Å². The number of rotatable bonds is 5. The smallest absolute Gasteiger partial charge is 0.345 e. The Hall–Kier alpha value is -1.46. The lowest BCUT2D eigenvalue weighted by molar-refractivity contribution is -0.164. The fourth-order valence-electron chi connectivity index (χ4n) is 0.658. The number of hydrogen-bond donors (Lipinski definition) is 2. The first-order valence-corrected chi connectivity index (χ1v) is 4.35. The van der Waals surface area contributed by atoms with E-state index in [0.29, 0.717) is 6.42 Å². The van der Waals surface area contributed by atoms with Gasteiger partial charge in [0.2, 0.25) is 0 Å². The van der Waals surface area contributed by atoms with Crippen molar-refractivity contribution >= 4 is 11.9 Å². The molecule has 0 aromatic carbocycles. The Kier molecular flexibility index (Phi) is 6.24. The summed E-state index contributed by atoms with van der Waals surface area (Å²) in [7, 11) is 0. The summed E-state index contributed by atoms with van der Waals surface area (Å²) >= 11 is 0. The number of hydrogen-bond acceptors (Lipinski definition) is 5. The summed E-state index contributed by atoms with van der Waals surface area (Å²) in [6, 6.07) is 0. The molecule has 0 saturated heterocycles. The Morgan fingerprint density at radius 3 is 2.60 bits per heavy atom. The monoisotopic (exact) mass is 214 g/mol. The number of esters is 2. The number of carbonyl (C=O) groups is 2. The van der Waals surface area contributed by atoms with Crippen molar-refractivity contribution < 1.29 is 24.5 Å². The second kappa shape index (κ2) is 6.92. The van der Waals surface area contributed by atoms with Gasteiger partial charge >= 0.3 is 11.9 Å². The van der Waals surface area contributed by atoms with Gasteiger partial charge in [0.15, 0.2) is 6.10 Å². The van der Waals surface area contributed by atoms with Crippen LogP contribution in [0.5, 0.6) is 0 Å². The first-order valence-electron chi connectivity index (χ1n) is 4.35. The predicted molar refractivity (Wildman–Crippen MR) is 52.8 cm³/mol. The van der Waals surface area contributed by atoms with Crippen molar-refractivity contribution in [1.29, 1.82) is 0 Å². The van der Waals surface area contributed by atoms with Crippen LogP contribution in [0.2, 0.25) is 0 Å². The van der Waals surface area contributed by atoms with Crippen LogP contribution in [0.15, 0.2) is 24.3 Å². The number of aliphatic hydroxyl groups is 2. The van der Waals surface area contributed by atoms with Crippen LogP contribution in [0, 0.1) is 0 Å². The van der Waals surface area contributed by atoms with Gasteiger partial charge in [-0.1, -0.05) is 12.2 Å². The molecule has 0 aromatic rings. The molecule has 0 amide bonds. The van der Waals surface area contributed by atoms with E-state index in [1.807, 2.05) is 0 Å². The minimum atomic E-state index is -1.68. The third kappa shape index (κ3) is 5.09. The molecule has 0 saturated carbocycles. The standard InChI is InChI=1S/C10H14O5/c1-3-4-5-7(2)9(13)15-10(14)8(12)6-11/h3,5,8,11-12H,1,4,6H2,2H3/b7-5+. The first kappa shape index (κ1) is 13.5. The van der Waals surface area contributed by atoms with E-state index in [0.717, 1.165) is 0 Å². The second-order valence-corrected chi connectivity index (χ2v) is 2.82. The van der Waals surface area contributed by atoms with Gasteiger partial charge in [-0.2, -0.15) is 0 Å². The first-order chi connectivity index (χ1) is 7.02. The Morgan fingerprint density at radius 2 is 2.13 bits per heavy atom. The number of ether oxygens (including phenoxy) is 1. The summed E-state index contributed by atoms with van der Waals surface area (Å²) in [6.45, 7) is 4.16. The van der Waals surface area contributed by atoms with Gasteiger partial charge in [-0.25, -0.2) is 9.59 Å². The van der Waals surface area contributed by atoms with Crippen LogP contribution in [0.4, 0.5) is 0 Å². The largest absolute Gasteiger partial charge is 0.393 e. The molecule has 0 fully saturated rings. The van der Waals surface area contributed by atoms with Crippen LogP contribution in [0.25, 0.3) is 0 Å². The van der Waals surface area contributed by atoms with Crippen molar-refractivity contribution in [2.45, 2.75) is 19.4 Å². The molecule has 0 aliphatic carbocycles. The molecule has 0 spiro atoms.